The van der Waals surface area contributed by atoms with E-state index in [1.54, 1.807) is 18.2 Å². The quantitative estimate of drug-likeness (QED) is 0.662. The number of nitrogens with two attached hydrogens (primary N) is 2. The number of anilines is 1. The Bertz CT molecular complexity index is 355. The highest BCUT2D eigenvalue weighted by atomic mass is 35.5. The number of benzene rings is 1. The number of halogens is 1. The molecular weight excluding hydrogens is 214 g/mol. The van der Waals surface area contributed by atoms with Gasteiger partial charge in [-0.05, 0) is 31.2 Å². The lowest BCUT2D eigenvalue weighted by Crippen LogP contribution is -2.12. The first-order chi connectivity index (χ1) is 7.15. The largest absolute Gasteiger partial charge is 0.384 e. The predicted octanol–water partition coefficient (Wildman–Crippen LogP) is 1.20. The van der Waals surface area contributed by atoms with Gasteiger partial charge >= 0.3 is 0 Å². The van der Waals surface area contributed by atoms with Crippen molar-refractivity contribution in [2.75, 3.05) is 18.4 Å². The lowest BCUT2D eigenvalue weighted by molar-refractivity contribution is 0.100. The van der Waals surface area contributed by atoms with E-state index in [9.17, 15) is 4.79 Å². The van der Waals surface area contributed by atoms with Crippen LogP contribution in [0.1, 0.15) is 16.8 Å². The summed E-state index contributed by atoms with van der Waals surface area (Å²) in [5.41, 5.74) is 11.7. The van der Waals surface area contributed by atoms with Crippen LogP contribution in [0.5, 0.6) is 0 Å². The van der Waals surface area contributed by atoms with E-state index < -0.39 is 5.91 Å². The summed E-state index contributed by atoms with van der Waals surface area (Å²) in [6, 6.07) is 4.92. The summed E-state index contributed by atoms with van der Waals surface area (Å²) in [5.74, 6) is -0.481. The minimum absolute atomic E-state index is 0.407. The second-order valence-electron chi connectivity index (χ2n) is 3.13. The molecule has 0 saturated heterocycles. The average Bonchev–Trinajstić information content (AvgIpc) is 2.20. The van der Waals surface area contributed by atoms with Crippen molar-refractivity contribution in [2.45, 2.75) is 6.42 Å². The minimum Gasteiger partial charge on any atom is -0.384 e. The molecular formula is C10H14ClN3O. The van der Waals surface area contributed by atoms with Crippen molar-refractivity contribution < 1.29 is 4.79 Å². The Kier molecular flexibility index (Phi) is 4.39. The molecule has 0 aromatic heterocycles. The minimum atomic E-state index is -0.481. The molecule has 0 unspecified atom stereocenters. The molecule has 0 aliphatic heterocycles. The van der Waals surface area contributed by atoms with E-state index in [2.05, 4.69) is 5.32 Å². The van der Waals surface area contributed by atoms with Crippen LogP contribution in [0.2, 0.25) is 5.02 Å². The Morgan fingerprint density at radius 2 is 2.20 bits per heavy atom. The summed E-state index contributed by atoms with van der Waals surface area (Å²) in [6.45, 7) is 1.39. The maximum Gasteiger partial charge on any atom is 0.248 e. The van der Waals surface area contributed by atoms with Gasteiger partial charge in [-0.15, -0.1) is 0 Å². The smallest absolute Gasteiger partial charge is 0.248 e. The van der Waals surface area contributed by atoms with Crippen LogP contribution in [0.3, 0.4) is 0 Å². The molecule has 1 amide bonds. The molecule has 0 spiro atoms. The normalized spacial score (nSPS) is 10.0. The monoisotopic (exact) mass is 227 g/mol. The first kappa shape index (κ1) is 11.8. The Morgan fingerprint density at radius 3 is 2.73 bits per heavy atom. The van der Waals surface area contributed by atoms with E-state index in [0.717, 1.165) is 18.7 Å². The van der Waals surface area contributed by atoms with Gasteiger partial charge in [-0.1, -0.05) is 11.6 Å². The highest BCUT2D eigenvalue weighted by molar-refractivity contribution is 6.33. The van der Waals surface area contributed by atoms with Gasteiger partial charge < -0.3 is 16.8 Å². The predicted molar refractivity (Wildman–Crippen MR) is 62.1 cm³/mol. The summed E-state index contributed by atoms with van der Waals surface area (Å²) in [5, 5.41) is 3.61. The Balaban J connectivity index is 2.70. The summed E-state index contributed by atoms with van der Waals surface area (Å²) in [4.78, 5) is 10.9. The lowest BCUT2D eigenvalue weighted by Gasteiger charge is -2.08. The summed E-state index contributed by atoms with van der Waals surface area (Å²) in [6.07, 6.45) is 0.869. The van der Waals surface area contributed by atoms with Gasteiger partial charge in [0.1, 0.15) is 0 Å². The Labute approximate surface area is 93.6 Å². The van der Waals surface area contributed by atoms with Crippen molar-refractivity contribution in [1.82, 2.24) is 0 Å². The van der Waals surface area contributed by atoms with Gasteiger partial charge in [0.15, 0.2) is 0 Å². The third-order valence-electron chi connectivity index (χ3n) is 1.95. The highest BCUT2D eigenvalue weighted by Gasteiger charge is 2.04. The first-order valence-corrected chi connectivity index (χ1v) is 5.06. The molecule has 0 aliphatic carbocycles. The number of hydrogen-bond donors (Lipinski definition) is 3. The zero-order valence-corrected chi connectivity index (χ0v) is 9.05. The third kappa shape index (κ3) is 3.42. The fourth-order valence-corrected chi connectivity index (χ4v) is 1.38. The van der Waals surface area contributed by atoms with Crippen LogP contribution in [-0.2, 0) is 0 Å². The molecule has 0 aliphatic rings. The number of nitrogens with one attached hydrogen (secondary N) is 1. The molecule has 0 saturated carbocycles. The van der Waals surface area contributed by atoms with Gasteiger partial charge in [0.05, 0.1) is 10.7 Å². The molecule has 1 aromatic rings. The van der Waals surface area contributed by atoms with Crippen molar-refractivity contribution in [1.29, 1.82) is 0 Å². The molecule has 15 heavy (non-hydrogen) atoms. The summed E-state index contributed by atoms with van der Waals surface area (Å²) >= 11 is 5.95. The second kappa shape index (κ2) is 5.58. The molecule has 4 nitrogen and oxygen atoms in total. The zero-order chi connectivity index (χ0) is 11.3. The molecule has 5 heteroatoms. The van der Waals surface area contributed by atoms with E-state index in [4.69, 9.17) is 23.1 Å². The standard InChI is InChI=1S/C10H14ClN3O/c11-8-6-7(10(13)15)2-3-9(8)14-5-1-4-12/h2-3,6,14H,1,4-5,12H2,(H2,13,15). The van der Waals surface area contributed by atoms with Gasteiger partial charge in [0.2, 0.25) is 5.91 Å². The van der Waals surface area contributed by atoms with E-state index in [1.807, 2.05) is 0 Å². The molecule has 82 valence electrons. The van der Waals surface area contributed by atoms with E-state index in [0.29, 0.717) is 17.1 Å². The van der Waals surface area contributed by atoms with Crippen molar-refractivity contribution in [2.24, 2.45) is 11.5 Å². The van der Waals surface area contributed by atoms with Gasteiger partial charge in [-0.3, -0.25) is 4.79 Å². The van der Waals surface area contributed by atoms with Crippen LogP contribution in [0.25, 0.3) is 0 Å². The topological polar surface area (TPSA) is 81.1 Å². The van der Waals surface area contributed by atoms with Crippen LogP contribution >= 0.6 is 11.6 Å². The Morgan fingerprint density at radius 1 is 1.47 bits per heavy atom. The molecule has 0 atom stereocenters. The molecule has 0 heterocycles. The van der Waals surface area contributed by atoms with Crippen LogP contribution in [0.4, 0.5) is 5.69 Å². The van der Waals surface area contributed by atoms with Gasteiger partial charge in [-0.2, -0.15) is 0 Å². The van der Waals surface area contributed by atoms with Crippen LogP contribution < -0.4 is 16.8 Å². The molecule has 5 N–H and O–H groups in total. The van der Waals surface area contributed by atoms with E-state index in [1.165, 1.54) is 0 Å². The third-order valence-corrected chi connectivity index (χ3v) is 2.26. The molecule has 0 radical (unpaired) electrons. The maximum atomic E-state index is 10.9. The first-order valence-electron chi connectivity index (χ1n) is 4.68. The number of hydrogen-bond acceptors (Lipinski definition) is 3. The molecule has 0 bridgehead atoms. The highest BCUT2D eigenvalue weighted by Crippen LogP contribution is 2.22. The zero-order valence-electron chi connectivity index (χ0n) is 8.29. The van der Waals surface area contributed by atoms with Gasteiger partial charge in [-0.25, -0.2) is 0 Å². The van der Waals surface area contributed by atoms with Crippen molar-refractivity contribution >= 4 is 23.2 Å². The van der Waals surface area contributed by atoms with E-state index >= 15 is 0 Å². The summed E-state index contributed by atoms with van der Waals surface area (Å²) < 4.78 is 0. The SMILES string of the molecule is NCCCNc1ccc(C(N)=O)cc1Cl. The van der Waals surface area contributed by atoms with Crippen molar-refractivity contribution in [3.8, 4) is 0 Å². The van der Waals surface area contributed by atoms with Crippen LogP contribution in [-0.4, -0.2) is 19.0 Å². The second-order valence-corrected chi connectivity index (χ2v) is 3.54. The molecule has 0 fully saturated rings. The number of carbonyl (C=O) groups is 1. The average molecular weight is 228 g/mol. The van der Waals surface area contributed by atoms with Crippen LogP contribution in [0.15, 0.2) is 18.2 Å². The fraction of sp³-hybridized carbons (Fsp3) is 0.300. The fourth-order valence-electron chi connectivity index (χ4n) is 1.14. The lowest BCUT2D eigenvalue weighted by atomic mass is 10.2. The number of amides is 1. The van der Waals surface area contributed by atoms with Crippen LogP contribution in [0, 0.1) is 0 Å². The number of rotatable bonds is 5. The number of primary amides is 1. The molecule has 1 rings (SSSR count). The summed E-state index contributed by atoms with van der Waals surface area (Å²) in [7, 11) is 0. The molecule has 1 aromatic carbocycles. The van der Waals surface area contributed by atoms with Crippen molar-refractivity contribution in [3.63, 3.8) is 0 Å². The Hall–Kier alpha value is -1.26. The van der Waals surface area contributed by atoms with E-state index in [-0.39, 0.29) is 0 Å². The van der Waals surface area contributed by atoms with Gasteiger partial charge in [0, 0.05) is 12.1 Å². The number of carbonyl (C=O) groups excluding carboxylic acids is 1. The maximum absolute atomic E-state index is 10.9. The van der Waals surface area contributed by atoms with Gasteiger partial charge in [0.25, 0.3) is 0 Å². The van der Waals surface area contributed by atoms with Crippen molar-refractivity contribution in [3.05, 3.63) is 28.8 Å².